The van der Waals surface area contributed by atoms with Crippen LogP contribution in [-0.2, 0) is 0 Å². The molecule has 5 aromatic rings. The van der Waals surface area contributed by atoms with Crippen molar-refractivity contribution in [3.63, 3.8) is 0 Å². The van der Waals surface area contributed by atoms with Gasteiger partial charge in [-0.1, -0.05) is 35.5 Å². The highest BCUT2D eigenvalue weighted by Crippen LogP contribution is 2.30. The topological polar surface area (TPSA) is 85.8 Å². The van der Waals surface area contributed by atoms with E-state index in [0.717, 1.165) is 27.4 Å². The molecule has 0 aliphatic heterocycles. The molecule has 0 spiro atoms. The first-order valence-corrected chi connectivity index (χ1v) is 11.7. The van der Waals surface area contributed by atoms with Gasteiger partial charge in [0, 0.05) is 16.0 Å². The Labute approximate surface area is 201 Å². The zero-order chi connectivity index (χ0) is 23.7. The quantitative estimate of drug-likeness (QED) is 0.307. The minimum absolute atomic E-state index is 0.222. The fourth-order valence-electron chi connectivity index (χ4n) is 3.64. The van der Waals surface area contributed by atoms with Gasteiger partial charge < -0.3 is 11.1 Å². The van der Waals surface area contributed by atoms with Gasteiger partial charge >= 0.3 is 0 Å². The third-order valence-corrected chi connectivity index (χ3v) is 6.72. The molecular formula is C27H23N5OS. The number of aromatic nitrogens is 3. The van der Waals surface area contributed by atoms with Crippen LogP contribution in [0.25, 0.3) is 27.4 Å². The summed E-state index contributed by atoms with van der Waals surface area (Å²) in [6.45, 7) is 4.16. The number of anilines is 2. The summed E-state index contributed by atoms with van der Waals surface area (Å²) in [4.78, 5) is 14.0. The first-order valence-electron chi connectivity index (χ1n) is 10.8. The van der Waals surface area contributed by atoms with E-state index in [0.29, 0.717) is 16.9 Å². The SMILES string of the molecule is Cc1ccc(-n2cc(-c3ccc(C(=O)Nc4cc(-c5cccs5)ccc4N)cc3)nn2)cc1C. The Kier molecular flexibility index (Phi) is 5.69. The second-order valence-corrected chi connectivity index (χ2v) is 9.08. The Morgan fingerprint density at radius 2 is 1.74 bits per heavy atom. The van der Waals surface area contributed by atoms with Gasteiger partial charge in [0.2, 0.25) is 0 Å². The molecule has 0 radical (unpaired) electrons. The van der Waals surface area contributed by atoms with Gasteiger partial charge in [-0.3, -0.25) is 4.79 Å². The van der Waals surface area contributed by atoms with Crippen molar-refractivity contribution in [2.45, 2.75) is 13.8 Å². The lowest BCUT2D eigenvalue weighted by Crippen LogP contribution is -2.13. The van der Waals surface area contributed by atoms with Crippen LogP contribution >= 0.6 is 11.3 Å². The van der Waals surface area contributed by atoms with Crippen LogP contribution in [0, 0.1) is 13.8 Å². The van der Waals surface area contributed by atoms with Crippen molar-refractivity contribution in [2.75, 3.05) is 11.1 Å². The van der Waals surface area contributed by atoms with Gasteiger partial charge in [-0.05, 0) is 78.4 Å². The number of aryl methyl sites for hydroxylation is 2. The molecule has 7 heteroatoms. The van der Waals surface area contributed by atoms with Crippen LogP contribution in [-0.4, -0.2) is 20.9 Å². The molecule has 0 saturated carbocycles. The molecule has 3 N–H and O–H groups in total. The smallest absolute Gasteiger partial charge is 0.255 e. The summed E-state index contributed by atoms with van der Waals surface area (Å²) < 4.78 is 1.76. The summed E-state index contributed by atoms with van der Waals surface area (Å²) in [5.41, 5.74) is 13.8. The Bertz CT molecular complexity index is 1470. The number of nitrogens with one attached hydrogen (secondary N) is 1. The van der Waals surface area contributed by atoms with Crippen molar-refractivity contribution in [3.8, 4) is 27.4 Å². The first kappa shape index (κ1) is 21.6. The lowest BCUT2D eigenvalue weighted by atomic mass is 10.1. The Morgan fingerprint density at radius 3 is 2.47 bits per heavy atom. The van der Waals surface area contributed by atoms with Gasteiger partial charge in [-0.2, -0.15) is 0 Å². The van der Waals surface area contributed by atoms with E-state index in [1.807, 2.05) is 60.1 Å². The number of nitrogens with two attached hydrogens (primary N) is 1. The second kappa shape index (κ2) is 8.96. The average Bonchev–Trinajstić information content (AvgIpc) is 3.55. The molecule has 0 bridgehead atoms. The van der Waals surface area contributed by atoms with Crippen molar-refractivity contribution in [1.29, 1.82) is 0 Å². The molecule has 0 aliphatic rings. The van der Waals surface area contributed by atoms with E-state index in [4.69, 9.17) is 5.73 Å². The molecule has 0 aliphatic carbocycles. The zero-order valence-corrected chi connectivity index (χ0v) is 19.6. The molecular weight excluding hydrogens is 442 g/mol. The number of hydrogen-bond donors (Lipinski definition) is 2. The van der Waals surface area contributed by atoms with Crippen molar-refractivity contribution in [3.05, 3.63) is 101 Å². The average molecular weight is 466 g/mol. The van der Waals surface area contributed by atoms with E-state index in [1.165, 1.54) is 11.1 Å². The third-order valence-electron chi connectivity index (χ3n) is 5.80. The molecule has 2 heterocycles. The van der Waals surface area contributed by atoms with Crippen molar-refractivity contribution in [2.24, 2.45) is 0 Å². The fourth-order valence-corrected chi connectivity index (χ4v) is 4.36. The van der Waals surface area contributed by atoms with Gasteiger partial charge in [0.1, 0.15) is 5.69 Å². The highest BCUT2D eigenvalue weighted by molar-refractivity contribution is 7.13. The molecule has 1 amide bonds. The number of carbonyl (C=O) groups is 1. The fraction of sp³-hybridized carbons (Fsp3) is 0.0741. The molecule has 2 aromatic heterocycles. The van der Waals surface area contributed by atoms with E-state index in [1.54, 1.807) is 28.2 Å². The van der Waals surface area contributed by atoms with E-state index >= 15 is 0 Å². The van der Waals surface area contributed by atoms with E-state index < -0.39 is 0 Å². The predicted molar refractivity (Wildman–Crippen MR) is 138 cm³/mol. The van der Waals surface area contributed by atoms with Crippen LogP contribution in [0.1, 0.15) is 21.5 Å². The Morgan fingerprint density at radius 1 is 0.941 bits per heavy atom. The highest BCUT2D eigenvalue weighted by Gasteiger charge is 2.12. The minimum Gasteiger partial charge on any atom is -0.397 e. The number of rotatable bonds is 5. The van der Waals surface area contributed by atoms with Crippen molar-refractivity contribution >= 4 is 28.6 Å². The van der Waals surface area contributed by atoms with E-state index in [2.05, 4.69) is 41.6 Å². The summed E-state index contributed by atoms with van der Waals surface area (Å²) >= 11 is 1.64. The summed E-state index contributed by atoms with van der Waals surface area (Å²) in [7, 11) is 0. The zero-order valence-electron chi connectivity index (χ0n) is 18.8. The molecule has 168 valence electrons. The molecule has 34 heavy (non-hydrogen) atoms. The lowest BCUT2D eigenvalue weighted by Gasteiger charge is -2.10. The number of nitrogen functional groups attached to an aromatic ring is 1. The van der Waals surface area contributed by atoms with Gasteiger partial charge in [0.25, 0.3) is 5.91 Å². The molecule has 0 atom stereocenters. The standard InChI is InChI=1S/C27H23N5OS/c1-17-5-11-22(14-18(17)2)32-16-25(30-31-32)19-6-8-20(9-7-19)27(33)29-24-15-21(10-12-23(24)28)26-4-3-13-34-26/h3-16H,28H2,1-2H3,(H,29,33). The van der Waals surface area contributed by atoms with Crippen LogP contribution in [0.3, 0.4) is 0 Å². The molecule has 0 fully saturated rings. The largest absolute Gasteiger partial charge is 0.397 e. The summed E-state index contributed by atoms with van der Waals surface area (Å²) in [5.74, 6) is -0.222. The number of carbonyl (C=O) groups excluding carboxylic acids is 1. The monoisotopic (exact) mass is 465 g/mol. The predicted octanol–water partition coefficient (Wildman–Crippen LogP) is 6.11. The van der Waals surface area contributed by atoms with Crippen molar-refractivity contribution < 1.29 is 4.79 Å². The van der Waals surface area contributed by atoms with Gasteiger partial charge in [-0.25, -0.2) is 4.68 Å². The normalized spacial score (nSPS) is 10.9. The number of amides is 1. The molecule has 0 unspecified atom stereocenters. The summed E-state index contributed by atoms with van der Waals surface area (Å²) in [5, 5.41) is 13.5. The Hall–Kier alpha value is -4.23. The van der Waals surface area contributed by atoms with E-state index in [9.17, 15) is 4.79 Å². The maximum Gasteiger partial charge on any atom is 0.255 e. The third kappa shape index (κ3) is 4.33. The van der Waals surface area contributed by atoms with Crippen LogP contribution in [0.4, 0.5) is 11.4 Å². The highest BCUT2D eigenvalue weighted by atomic mass is 32.1. The number of benzene rings is 3. The van der Waals surface area contributed by atoms with Crippen LogP contribution in [0.15, 0.2) is 84.4 Å². The van der Waals surface area contributed by atoms with Crippen molar-refractivity contribution in [1.82, 2.24) is 15.0 Å². The summed E-state index contributed by atoms with van der Waals surface area (Å²) in [6.07, 6.45) is 1.88. The minimum atomic E-state index is -0.222. The van der Waals surface area contributed by atoms with Crippen LogP contribution < -0.4 is 11.1 Å². The number of thiophene rings is 1. The van der Waals surface area contributed by atoms with Gasteiger partial charge in [0.05, 0.1) is 23.3 Å². The number of hydrogen-bond acceptors (Lipinski definition) is 5. The molecule has 3 aromatic carbocycles. The van der Waals surface area contributed by atoms with Crippen LogP contribution in [0.5, 0.6) is 0 Å². The molecule has 5 rings (SSSR count). The molecule has 6 nitrogen and oxygen atoms in total. The van der Waals surface area contributed by atoms with Gasteiger partial charge in [0.15, 0.2) is 0 Å². The maximum atomic E-state index is 12.9. The molecule has 0 saturated heterocycles. The first-order chi connectivity index (χ1) is 16.5. The maximum absolute atomic E-state index is 12.9. The van der Waals surface area contributed by atoms with Gasteiger partial charge in [-0.15, -0.1) is 16.4 Å². The van der Waals surface area contributed by atoms with E-state index in [-0.39, 0.29) is 5.91 Å². The number of nitrogens with zero attached hydrogens (tertiary/aromatic N) is 3. The Balaban J connectivity index is 1.33. The lowest BCUT2D eigenvalue weighted by molar-refractivity contribution is 0.102. The second-order valence-electron chi connectivity index (χ2n) is 8.13. The summed E-state index contributed by atoms with van der Waals surface area (Å²) in [6, 6.07) is 23.2. The van der Waals surface area contributed by atoms with Crippen LogP contribution in [0.2, 0.25) is 0 Å².